The molecule has 0 spiro atoms. The molecule has 1 atom stereocenters. The second kappa shape index (κ2) is 13.5. The molecule has 2 aromatic heterocycles. The number of fused-ring (bicyclic) bond motifs is 1. The van der Waals surface area contributed by atoms with Crippen molar-refractivity contribution in [2.24, 2.45) is 0 Å². The number of halogens is 1. The SMILES string of the molecule is CN(CC(CCN1CCC(Nc2nc3c(Cc4ccoc4)cccc3[nH]2)CC1)c1ccc(Cl)cc1)C(=O)c1ccccc1. The maximum atomic E-state index is 13.1. The quantitative estimate of drug-likeness (QED) is 0.169. The first-order valence-electron chi connectivity index (χ1n) is 15.1. The number of carbonyl (C=O) groups is 1. The van der Waals surface area contributed by atoms with Gasteiger partial charge >= 0.3 is 0 Å². The number of nitrogens with one attached hydrogen (secondary N) is 2. The van der Waals surface area contributed by atoms with Crippen molar-refractivity contribution >= 4 is 34.5 Å². The van der Waals surface area contributed by atoms with E-state index in [0.717, 1.165) is 72.9 Å². The number of hydrogen-bond acceptors (Lipinski definition) is 5. The van der Waals surface area contributed by atoms with Crippen molar-refractivity contribution in [3.8, 4) is 0 Å². The fourth-order valence-electron chi connectivity index (χ4n) is 6.06. The van der Waals surface area contributed by atoms with Gasteiger partial charge in [-0.1, -0.05) is 54.1 Å². The number of piperidine rings is 1. The van der Waals surface area contributed by atoms with Crippen LogP contribution >= 0.6 is 11.6 Å². The van der Waals surface area contributed by atoms with Gasteiger partial charge in [0.05, 0.1) is 23.6 Å². The molecule has 43 heavy (non-hydrogen) atoms. The molecular formula is C35H38ClN5O2. The molecule has 8 heteroatoms. The fourth-order valence-corrected chi connectivity index (χ4v) is 6.19. The number of rotatable bonds is 11. The number of amides is 1. The molecule has 1 saturated heterocycles. The highest BCUT2D eigenvalue weighted by molar-refractivity contribution is 6.30. The van der Waals surface area contributed by atoms with Gasteiger partial charge in [0.1, 0.15) is 0 Å². The number of imidazole rings is 1. The van der Waals surface area contributed by atoms with E-state index in [4.69, 9.17) is 21.0 Å². The summed E-state index contributed by atoms with van der Waals surface area (Å²) < 4.78 is 5.25. The number of anilines is 1. The minimum absolute atomic E-state index is 0.0469. The van der Waals surface area contributed by atoms with Gasteiger partial charge in [0.2, 0.25) is 5.95 Å². The van der Waals surface area contributed by atoms with Gasteiger partial charge in [-0.25, -0.2) is 4.98 Å². The summed E-state index contributed by atoms with van der Waals surface area (Å²) in [5.74, 6) is 1.10. The third-order valence-corrected chi connectivity index (χ3v) is 8.75. The lowest BCUT2D eigenvalue weighted by atomic mass is 9.94. The van der Waals surface area contributed by atoms with Gasteiger partial charge in [-0.3, -0.25) is 4.79 Å². The first-order chi connectivity index (χ1) is 21.0. The van der Waals surface area contributed by atoms with Crippen molar-refractivity contribution in [3.05, 3.63) is 119 Å². The van der Waals surface area contributed by atoms with Gasteiger partial charge in [-0.15, -0.1) is 0 Å². The second-order valence-electron chi connectivity index (χ2n) is 11.6. The number of aromatic amines is 1. The molecule has 0 radical (unpaired) electrons. The average molecular weight is 596 g/mol. The smallest absolute Gasteiger partial charge is 0.253 e. The summed E-state index contributed by atoms with van der Waals surface area (Å²) in [4.78, 5) is 25.9. The van der Waals surface area contributed by atoms with Crippen LogP contribution in [0.2, 0.25) is 5.02 Å². The summed E-state index contributed by atoms with van der Waals surface area (Å²) in [6.07, 6.45) is 7.37. The van der Waals surface area contributed by atoms with Crippen molar-refractivity contribution in [1.29, 1.82) is 0 Å². The Labute approximate surface area is 257 Å². The zero-order valence-corrected chi connectivity index (χ0v) is 25.3. The van der Waals surface area contributed by atoms with Crippen molar-refractivity contribution in [1.82, 2.24) is 19.8 Å². The predicted molar refractivity (Wildman–Crippen MR) is 173 cm³/mol. The van der Waals surface area contributed by atoms with E-state index in [-0.39, 0.29) is 11.8 Å². The van der Waals surface area contributed by atoms with Crippen LogP contribution in [0.1, 0.15) is 52.2 Å². The molecule has 7 nitrogen and oxygen atoms in total. The summed E-state index contributed by atoms with van der Waals surface area (Å²) in [6.45, 7) is 3.68. The molecule has 5 aromatic rings. The van der Waals surface area contributed by atoms with Crippen molar-refractivity contribution < 1.29 is 9.21 Å². The van der Waals surface area contributed by atoms with E-state index in [0.29, 0.717) is 18.2 Å². The largest absolute Gasteiger partial charge is 0.472 e. The molecule has 1 amide bonds. The third kappa shape index (κ3) is 7.29. The lowest BCUT2D eigenvalue weighted by Gasteiger charge is -2.33. The summed E-state index contributed by atoms with van der Waals surface area (Å²) in [7, 11) is 1.90. The number of para-hydroxylation sites is 1. The van der Waals surface area contributed by atoms with Crippen LogP contribution in [0.4, 0.5) is 5.95 Å². The van der Waals surface area contributed by atoms with Crippen LogP contribution in [0.25, 0.3) is 11.0 Å². The average Bonchev–Trinajstić information content (AvgIpc) is 3.70. The lowest BCUT2D eigenvalue weighted by molar-refractivity contribution is 0.0782. The van der Waals surface area contributed by atoms with Gasteiger partial charge in [0.25, 0.3) is 5.91 Å². The highest BCUT2D eigenvalue weighted by Gasteiger charge is 2.23. The highest BCUT2D eigenvalue weighted by Crippen LogP contribution is 2.26. The topological polar surface area (TPSA) is 77.4 Å². The predicted octanol–water partition coefficient (Wildman–Crippen LogP) is 7.22. The fraction of sp³-hybridized carbons (Fsp3) is 0.314. The number of furan rings is 1. The zero-order chi connectivity index (χ0) is 29.6. The molecule has 3 heterocycles. The number of likely N-dealkylation sites (N-methyl/N-ethyl adjacent to an activating group) is 1. The number of carbonyl (C=O) groups excluding carboxylic acids is 1. The Balaban J connectivity index is 1.04. The Morgan fingerprint density at radius 2 is 1.86 bits per heavy atom. The summed E-state index contributed by atoms with van der Waals surface area (Å²) in [5, 5.41) is 4.38. The molecule has 1 aliphatic heterocycles. The van der Waals surface area contributed by atoms with Crippen LogP contribution in [-0.4, -0.2) is 64.9 Å². The number of benzene rings is 3. The van der Waals surface area contributed by atoms with Crippen molar-refractivity contribution in [3.63, 3.8) is 0 Å². The summed E-state index contributed by atoms with van der Waals surface area (Å²) >= 11 is 6.19. The Hall–Kier alpha value is -4.07. The Morgan fingerprint density at radius 1 is 1.07 bits per heavy atom. The zero-order valence-electron chi connectivity index (χ0n) is 24.5. The summed E-state index contributed by atoms with van der Waals surface area (Å²) in [5.41, 5.74) is 6.31. The first kappa shape index (κ1) is 29.0. The van der Waals surface area contributed by atoms with E-state index in [2.05, 4.69) is 45.5 Å². The minimum atomic E-state index is 0.0469. The Bertz CT molecular complexity index is 1610. The Morgan fingerprint density at radius 3 is 2.60 bits per heavy atom. The van der Waals surface area contributed by atoms with Crippen LogP contribution in [0.15, 0.2) is 95.8 Å². The van der Waals surface area contributed by atoms with Crippen molar-refractivity contribution in [2.75, 3.05) is 38.5 Å². The molecule has 3 aromatic carbocycles. The number of hydrogen-bond donors (Lipinski definition) is 2. The molecule has 0 saturated carbocycles. The van der Waals surface area contributed by atoms with Gasteiger partial charge in [0.15, 0.2) is 0 Å². The summed E-state index contributed by atoms with van der Waals surface area (Å²) in [6, 6.07) is 26.2. The van der Waals surface area contributed by atoms with E-state index in [9.17, 15) is 4.79 Å². The lowest BCUT2D eigenvalue weighted by Crippen LogP contribution is -2.40. The molecule has 222 valence electrons. The molecular weight excluding hydrogens is 558 g/mol. The molecule has 2 N–H and O–H groups in total. The second-order valence-corrected chi connectivity index (χ2v) is 12.0. The van der Waals surface area contributed by atoms with Gasteiger partial charge in [-0.05, 0) is 78.9 Å². The van der Waals surface area contributed by atoms with E-state index >= 15 is 0 Å². The molecule has 1 fully saturated rings. The van der Waals surface area contributed by atoms with E-state index in [1.165, 1.54) is 11.1 Å². The van der Waals surface area contributed by atoms with Gasteiger partial charge in [0, 0.05) is 55.6 Å². The van der Waals surface area contributed by atoms with Crippen LogP contribution < -0.4 is 5.32 Å². The van der Waals surface area contributed by atoms with Crippen molar-refractivity contribution in [2.45, 2.75) is 37.6 Å². The van der Waals surface area contributed by atoms with Crippen LogP contribution in [0.5, 0.6) is 0 Å². The normalized spacial score (nSPS) is 15.0. The molecule has 0 aliphatic carbocycles. The van der Waals surface area contributed by atoms with Crippen LogP contribution in [0, 0.1) is 0 Å². The standard InChI is InChI=1S/C35H38ClN5O2/c1-40(34(42)27-6-3-2-4-7-27)23-29(26-10-12-30(36)13-11-26)14-18-41-19-15-31(16-20-41)37-35-38-32-9-5-8-28(33(32)39-35)22-25-17-21-43-24-25/h2-13,17,21,24,29,31H,14-16,18-20,22-23H2,1H3,(H2,37,38,39). The molecule has 0 bridgehead atoms. The molecule has 6 rings (SSSR count). The minimum Gasteiger partial charge on any atom is -0.472 e. The van der Waals surface area contributed by atoms with E-state index in [1.807, 2.05) is 60.5 Å². The maximum Gasteiger partial charge on any atom is 0.253 e. The van der Waals surface area contributed by atoms with Crippen LogP contribution in [-0.2, 0) is 6.42 Å². The van der Waals surface area contributed by atoms with E-state index in [1.54, 1.807) is 12.5 Å². The van der Waals surface area contributed by atoms with Gasteiger partial charge < -0.3 is 24.5 Å². The van der Waals surface area contributed by atoms with E-state index < -0.39 is 0 Å². The monoisotopic (exact) mass is 595 g/mol. The number of likely N-dealkylation sites (tertiary alicyclic amines) is 1. The maximum absolute atomic E-state index is 13.1. The first-order valence-corrected chi connectivity index (χ1v) is 15.4. The number of aromatic nitrogens is 2. The number of H-pyrrole nitrogens is 1. The molecule has 1 unspecified atom stereocenters. The number of nitrogens with zero attached hydrogens (tertiary/aromatic N) is 3. The van der Waals surface area contributed by atoms with Crippen LogP contribution in [0.3, 0.4) is 0 Å². The molecule has 1 aliphatic rings. The Kier molecular flexibility index (Phi) is 9.10. The van der Waals surface area contributed by atoms with Gasteiger partial charge in [-0.2, -0.15) is 0 Å². The highest BCUT2D eigenvalue weighted by atomic mass is 35.5. The third-order valence-electron chi connectivity index (χ3n) is 8.50.